The van der Waals surface area contributed by atoms with Crippen molar-refractivity contribution in [1.82, 2.24) is 19.9 Å². The standard InChI is InChI=1S/C18H19F3N4O2S/c1-9(2)4-5-22-12(26)7-25-8-23-14-13-10(3)6-11(18(19,20)21)24-16(13)28-15(14)17(25)27/h6,8-9H,4-5,7H2,1-3H3,(H,22,26). The molecule has 3 aromatic heterocycles. The molecule has 150 valence electrons. The van der Waals surface area contributed by atoms with E-state index in [1.165, 1.54) is 13.3 Å². The molecular formula is C18H19F3N4O2S. The molecule has 3 heterocycles. The molecule has 3 rings (SSSR count). The van der Waals surface area contributed by atoms with E-state index in [0.29, 0.717) is 28.9 Å². The summed E-state index contributed by atoms with van der Waals surface area (Å²) in [7, 11) is 0. The van der Waals surface area contributed by atoms with Gasteiger partial charge in [0.25, 0.3) is 5.56 Å². The average molecular weight is 412 g/mol. The Morgan fingerprint density at radius 3 is 2.71 bits per heavy atom. The van der Waals surface area contributed by atoms with E-state index in [-0.39, 0.29) is 22.0 Å². The number of hydrogen-bond donors (Lipinski definition) is 1. The van der Waals surface area contributed by atoms with Crippen LogP contribution in [0.4, 0.5) is 13.2 Å². The SMILES string of the molecule is Cc1cc(C(F)(F)F)nc2sc3c(=O)n(CC(=O)NCCC(C)C)cnc3c12. The predicted octanol–water partition coefficient (Wildman–Crippen LogP) is 3.50. The van der Waals surface area contributed by atoms with Crippen LogP contribution in [0.5, 0.6) is 0 Å². The van der Waals surface area contributed by atoms with E-state index >= 15 is 0 Å². The number of amides is 1. The highest BCUT2D eigenvalue weighted by Gasteiger charge is 2.33. The van der Waals surface area contributed by atoms with Crippen molar-refractivity contribution in [3.05, 3.63) is 34.0 Å². The fourth-order valence-corrected chi connectivity index (χ4v) is 3.96. The highest BCUT2D eigenvalue weighted by molar-refractivity contribution is 7.25. The molecule has 0 fully saturated rings. The van der Waals surface area contributed by atoms with Crippen LogP contribution in [0.2, 0.25) is 0 Å². The fourth-order valence-electron chi connectivity index (χ4n) is 2.81. The summed E-state index contributed by atoms with van der Waals surface area (Å²) in [5, 5.41) is 3.17. The van der Waals surface area contributed by atoms with Gasteiger partial charge < -0.3 is 5.32 Å². The highest BCUT2D eigenvalue weighted by atomic mass is 32.1. The normalized spacial score (nSPS) is 12.2. The molecule has 0 unspecified atom stereocenters. The lowest BCUT2D eigenvalue weighted by Crippen LogP contribution is -2.33. The van der Waals surface area contributed by atoms with Crippen molar-refractivity contribution in [2.24, 2.45) is 5.92 Å². The molecule has 0 aliphatic carbocycles. The Bertz CT molecular complexity index is 1100. The number of nitrogens with zero attached hydrogens (tertiary/aromatic N) is 3. The number of thiophene rings is 1. The predicted molar refractivity (Wildman–Crippen MR) is 101 cm³/mol. The first-order valence-electron chi connectivity index (χ1n) is 8.71. The first kappa shape index (κ1) is 20.2. The number of carbonyl (C=O) groups is 1. The van der Waals surface area contributed by atoms with Crippen molar-refractivity contribution in [3.8, 4) is 0 Å². The van der Waals surface area contributed by atoms with Crippen molar-refractivity contribution in [3.63, 3.8) is 0 Å². The maximum Gasteiger partial charge on any atom is 0.433 e. The zero-order valence-corrected chi connectivity index (χ0v) is 16.4. The summed E-state index contributed by atoms with van der Waals surface area (Å²) in [4.78, 5) is 32.7. The molecule has 1 N–H and O–H groups in total. The summed E-state index contributed by atoms with van der Waals surface area (Å²) < 4.78 is 40.4. The summed E-state index contributed by atoms with van der Waals surface area (Å²) in [5.74, 6) is 0.121. The second-order valence-electron chi connectivity index (χ2n) is 6.99. The number of hydrogen-bond acceptors (Lipinski definition) is 5. The molecule has 0 saturated carbocycles. The number of pyridine rings is 1. The van der Waals surface area contributed by atoms with Gasteiger partial charge >= 0.3 is 6.18 Å². The summed E-state index contributed by atoms with van der Waals surface area (Å²) in [6, 6.07) is 0.948. The second kappa shape index (κ2) is 7.50. The molecule has 0 atom stereocenters. The molecule has 10 heteroatoms. The minimum absolute atomic E-state index is 0.103. The maximum absolute atomic E-state index is 13.0. The molecule has 28 heavy (non-hydrogen) atoms. The molecule has 0 bridgehead atoms. The topological polar surface area (TPSA) is 76.9 Å². The van der Waals surface area contributed by atoms with Crippen molar-refractivity contribution in [1.29, 1.82) is 0 Å². The number of nitrogens with one attached hydrogen (secondary N) is 1. The first-order valence-corrected chi connectivity index (χ1v) is 9.52. The Morgan fingerprint density at radius 1 is 1.36 bits per heavy atom. The maximum atomic E-state index is 13.0. The van der Waals surface area contributed by atoms with Crippen LogP contribution < -0.4 is 10.9 Å². The van der Waals surface area contributed by atoms with E-state index < -0.39 is 17.4 Å². The van der Waals surface area contributed by atoms with Crippen molar-refractivity contribution < 1.29 is 18.0 Å². The van der Waals surface area contributed by atoms with Gasteiger partial charge in [0, 0.05) is 11.9 Å². The summed E-state index contributed by atoms with van der Waals surface area (Å²) in [6.07, 6.45) is -2.51. The number of aromatic nitrogens is 3. The van der Waals surface area contributed by atoms with E-state index in [2.05, 4.69) is 15.3 Å². The molecule has 0 aromatic carbocycles. The third-order valence-electron chi connectivity index (χ3n) is 4.26. The monoisotopic (exact) mass is 412 g/mol. The lowest BCUT2D eigenvalue weighted by atomic mass is 10.1. The number of aryl methyl sites for hydroxylation is 1. The van der Waals surface area contributed by atoms with Crippen molar-refractivity contribution in [2.45, 2.75) is 39.9 Å². The zero-order chi connectivity index (χ0) is 20.6. The molecule has 0 saturated heterocycles. The molecule has 1 amide bonds. The quantitative estimate of drug-likeness (QED) is 0.696. The van der Waals surface area contributed by atoms with Crippen LogP contribution in [-0.4, -0.2) is 27.0 Å². The van der Waals surface area contributed by atoms with Crippen molar-refractivity contribution >= 4 is 37.7 Å². The number of rotatable bonds is 5. The van der Waals surface area contributed by atoms with Crippen LogP contribution in [0.1, 0.15) is 31.5 Å². The number of halogens is 3. The molecular weight excluding hydrogens is 393 g/mol. The van der Waals surface area contributed by atoms with Gasteiger partial charge in [-0.25, -0.2) is 9.97 Å². The Balaban J connectivity index is 1.97. The minimum Gasteiger partial charge on any atom is -0.355 e. The van der Waals surface area contributed by atoms with E-state index in [1.807, 2.05) is 13.8 Å². The Kier molecular flexibility index (Phi) is 5.42. The van der Waals surface area contributed by atoms with Crippen LogP contribution in [0.3, 0.4) is 0 Å². The van der Waals surface area contributed by atoms with E-state index in [9.17, 15) is 22.8 Å². The van der Waals surface area contributed by atoms with Gasteiger partial charge in [-0.15, -0.1) is 11.3 Å². The van der Waals surface area contributed by atoms with Gasteiger partial charge in [0.05, 0.1) is 11.8 Å². The zero-order valence-electron chi connectivity index (χ0n) is 15.6. The van der Waals surface area contributed by atoms with E-state index in [1.54, 1.807) is 0 Å². The van der Waals surface area contributed by atoms with Gasteiger partial charge in [-0.1, -0.05) is 13.8 Å². The van der Waals surface area contributed by atoms with Crippen LogP contribution in [0.15, 0.2) is 17.2 Å². The van der Waals surface area contributed by atoms with E-state index in [0.717, 1.165) is 28.4 Å². The molecule has 0 spiro atoms. The van der Waals surface area contributed by atoms with Gasteiger partial charge in [0.15, 0.2) is 0 Å². The van der Waals surface area contributed by atoms with Gasteiger partial charge in [-0.05, 0) is 30.9 Å². The second-order valence-corrected chi connectivity index (χ2v) is 7.99. The van der Waals surface area contributed by atoms with Crippen molar-refractivity contribution in [2.75, 3.05) is 6.54 Å². The summed E-state index contributed by atoms with van der Waals surface area (Å²) >= 11 is 0.857. The summed E-state index contributed by atoms with van der Waals surface area (Å²) in [5.41, 5.74) is -0.825. The van der Waals surface area contributed by atoms with E-state index in [4.69, 9.17) is 0 Å². The third-order valence-corrected chi connectivity index (χ3v) is 5.32. The smallest absolute Gasteiger partial charge is 0.355 e. The lowest BCUT2D eigenvalue weighted by molar-refractivity contribution is -0.141. The Morgan fingerprint density at radius 2 is 2.07 bits per heavy atom. The molecule has 0 radical (unpaired) electrons. The molecule has 0 aliphatic heterocycles. The minimum atomic E-state index is -4.57. The van der Waals surface area contributed by atoms with Gasteiger partial charge in [0.2, 0.25) is 5.91 Å². The Hall–Kier alpha value is -2.49. The number of fused-ring (bicyclic) bond motifs is 3. The molecule has 0 aliphatic rings. The number of alkyl halides is 3. The van der Waals surface area contributed by atoms with Crippen LogP contribution in [-0.2, 0) is 17.5 Å². The summed E-state index contributed by atoms with van der Waals surface area (Å²) in [6.45, 7) is 5.91. The highest BCUT2D eigenvalue weighted by Crippen LogP contribution is 2.36. The van der Waals surface area contributed by atoms with Gasteiger partial charge in [-0.2, -0.15) is 13.2 Å². The van der Waals surface area contributed by atoms with Gasteiger partial charge in [0.1, 0.15) is 21.8 Å². The fraction of sp³-hybridized carbons (Fsp3) is 0.444. The van der Waals surface area contributed by atoms with Crippen LogP contribution >= 0.6 is 11.3 Å². The largest absolute Gasteiger partial charge is 0.433 e. The average Bonchev–Trinajstić information content (AvgIpc) is 2.96. The third kappa shape index (κ3) is 4.01. The number of carbonyl (C=O) groups excluding carboxylic acids is 1. The first-order chi connectivity index (χ1) is 13.1. The van der Waals surface area contributed by atoms with Crippen LogP contribution in [0.25, 0.3) is 20.4 Å². The molecule has 6 nitrogen and oxygen atoms in total. The molecule has 3 aromatic rings. The van der Waals surface area contributed by atoms with Crippen LogP contribution in [0, 0.1) is 12.8 Å². The van der Waals surface area contributed by atoms with Gasteiger partial charge in [-0.3, -0.25) is 14.2 Å². The Labute approximate surface area is 162 Å². The lowest BCUT2D eigenvalue weighted by Gasteiger charge is -2.08.